The van der Waals surface area contributed by atoms with Crippen molar-refractivity contribution in [2.45, 2.75) is 19.4 Å². The van der Waals surface area contributed by atoms with Crippen molar-refractivity contribution < 1.29 is 9.59 Å². The Morgan fingerprint density at radius 1 is 1.22 bits per heavy atom. The van der Waals surface area contributed by atoms with Crippen LogP contribution < -0.4 is 16.6 Å². The molecule has 3 aromatic rings. The summed E-state index contributed by atoms with van der Waals surface area (Å²) in [5.74, 6) is -0.848. The summed E-state index contributed by atoms with van der Waals surface area (Å²) < 4.78 is 1.27. The molecule has 0 bridgehead atoms. The number of pyridine rings is 2. The summed E-state index contributed by atoms with van der Waals surface area (Å²) in [5.41, 5.74) is 6.17. The molecule has 2 amide bonds. The first-order chi connectivity index (χ1) is 12.9. The first-order valence-corrected chi connectivity index (χ1v) is 8.58. The molecule has 0 unspecified atom stereocenters. The number of hydrogen-bond acceptors (Lipinski definition) is 4. The third kappa shape index (κ3) is 3.98. The van der Waals surface area contributed by atoms with Crippen molar-refractivity contribution in [1.82, 2.24) is 9.55 Å². The lowest BCUT2D eigenvalue weighted by Gasteiger charge is -2.14. The molecule has 0 fully saturated rings. The highest BCUT2D eigenvalue weighted by molar-refractivity contribution is 6.29. The van der Waals surface area contributed by atoms with Crippen molar-refractivity contribution in [3.63, 3.8) is 0 Å². The second-order valence-corrected chi connectivity index (χ2v) is 6.47. The third-order valence-corrected chi connectivity index (χ3v) is 4.45. The maximum absolute atomic E-state index is 12.7. The lowest BCUT2D eigenvalue weighted by Crippen LogP contribution is -2.31. The normalized spacial score (nSPS) is 11.9. The van der Waals surface area contributed by atoms with Crippen LogP contribution in [-0.4, -0.2) is 21.4 Å². The summed E-state index contributed by atoms with van der Waals surface area (Å²) in [5, 5.41) is 4.13. The van der Waals surface area contributed by atoms with Crippen LogP contribution in [0.2, 0.25) is 5.15 Å². The summed E-state index contributed by atoms with van der Waals surface area (Å²) >= 11 is 5.74. The van der Waals surface area contributed by atoms with E-state index in [0.29, 0.717) is 21.6 Å². The average molecular weight is 385 g/mol. The van der Waals surface area contributed by atoms with Gasteiger partial charge in [-0.2, -0.15) is 0 Å². The van der Waals surface area contributed by atoms with E-state index < -0.39 is 11.9 Å². The molecule has 0 saturated carbocycles. The van der Waals surface area contributed by atoms with Crippen molar-refractivity contribution in [3.8, 4) is 0 Å². The Hall–Kier alpha value is -3.19. The second-order valence-electron chi connectivity index (χ2n) is 6.09. The number of amides is 2. The van der Waals surface area contributed by atoms with Crippen LogP contribution in [0.1, 0.15) is 18.5 Å². The minimum atomic E-state index is -0.766. The van der Waals surface area contributed by atoms with Crippen LogP contribution in [0.4, 0.5) is 5.69 Å². The number of nitrogens with zero attached hydrogens (tertiary/aromatic N) is 2. The molecule has 1 atom stereocenters. The summed E-state index contributed by atoms with van der Waals surface area (Å²) in [6.45, 7) is 1.56. The Bertz CT molecular complexity index is 1080. The number of anilines is 1. The highest BCUT2D eigenvalue weighted by Gasteiger charge is 2.15. The van der Waals surface area contributed by atoms with Crippen LogP contribution >= 0.6 is 11.6 Å². The molecular weight excluding hydrogens is 368 g/mol. The third-order valence-electron chi connectivity index (χ3n) is 4.23. The lowest BCUT2D eigenvalue weighted by atomic mass is 10.1. The molecule has 0 aliphatic heterocycles. The number of primary amides is 1. The zero-order valence-electron chi connectivity index (χ0n) is 14.5. The molecule has 3 N–H and O–H groups in total. The largest absolute Gasteiger partial charge is 0.368 e. The Morgan fingerprint density at radius 3 is 2.67 bits per heavy atom. The van der Waals surface area contributed by atoms with Gasteiger partial charge < -0.3 is 15.6 Å². The van der Waals surface area contributed by atoms with Crippen LogP contribution in [-0.2, 0) is 16.0 Å². The van der Waals surface area contributed by atoms with Crippen molar-refractivity contribution in [1.29, 1.82) is 0 Å². The molecule has 0 saturated heterocycles. The van der Waals surface area contributed by atoms with E-state index in [2.05, 4.69) is 10.3 Å². The fourth-order valence-corrected chi connectivity index (χ4v) is 2.85. The Balaban J connectivity index is 1.90. The molecule has 2 heterocycles. The maximum atomic E-state index is 12.7. The van der Waals surface area contributed by atoms with Crippen molar-refractivity contribution in [3.05, 3.63) is 69.9 Å². The van der Waals surface area contributed by atoms with E-state index in [-0.39, 0.29) is 17.9 Å². The first-order valence-electron chi connectivity index (χ1n) is 8.20. The van der Waals surface area contributed by atoms with Gasteiger partial charge in [0, 0.05) is 28.9 Å². The number of carbonyl (C=O) groups is 2. The Kier molecular flexibility index (Phi) is 5.23. The van der Waals surface area contributed by atoms with Gasteiger partial charge in [0.1, 0.15) is 11.2 Å². The van der Waals surface area contributed by atoms with E-state index in [0.717, 1.165) is 5.56 Å². The summed E-state index contributed by atoms with van der Waals surface area (Å²) in [4.78, 5) is 40.3. The van der Waals surface area contributed by atoms with Crippen LogP contribution in [0.5, 0.6) is 0 Å². The van der Waals surface area contributed by atoms with Gasteiger partial charge in [-0.15, -0.1) is 0 Å². The molecule has 0 aliphatic rings. The summed E-state index contributed by atoms with van der Waals surface area (Å²) in [6, 6.07) is 9.27. The van der Waals surface area contributed by atoms with Crippen LogP contribution in [0, 0.1) is 0 Å². The van der Waals surface area contributed by atoms with Gasteiger partial charge in [-0.1, -0.05) is 23.7 Å². The minimum absolute atomic E-state index is 0.121. The molecule has 0 aliphatic carbocycles. The first kappa shape index (κ1) is 18.6. The van der Waals surface area contributed by atoms with Gasteiger partial charge in [0.05, 0.1) is 6.42 Å². The van der Waals surface area contributed by atoms with E-state index in [9.17, 15) is 14.4 Å². The van der Waals surface area contributed by atoms with E-state index in [1.807, 2.05) is 0 Å². The van der Waals surface area contributed by atoms with Gasteiger partial charge in [0.2, 0.25) is 11.8 Å². The second kappa shape index (κ2) is 7.59. The minimum Gasteiger partial charge on any atom is -0.368 e. The highest BCUT2D eigenvalue weighted by Crippen LogP contribution is 2.22. The lowest BCUT2D eigenvalue weighted by molar-refractivity contribution is -0.120. The van der Waals surface area contributed by atoms with E-state index in [1.165, 1.54) is 17.0 Å². The van der Waals surface area contributed by atoms with Crippen LogP contribution in [0.15, 0.2) is 53.6 Å². The number of aromatic nitrogens is 2. The molecular formula is C19H17ClN4O3. The van der Waals surface area contributed by atoms with Gasteiger partial charge in [-0.3, -0.25) is 14.4 Å². The van der Waals surface area contributed by atoms with Gasteiger partial charge >= 0.3 is 0 Å². The fourth-order valence-electron chi connectivity index (χ4n) is 2.73. The number of benzene rings is 1. The molecule has 0 radical (unpaired) electrons. The standard InChI is InChI=1S/C19H17ClN4O3/c1-11(18(21)26)24-8-7-13-14(19(24)27)3-2-4-15(13)23-17(25)9-12-5-6-16(20)22-10-12/h2-8,10-11H,9H2,1H3,(H2,21,26)(H,23,25)/t11-/m1/s1. The van der Waals surface area contributed by atoms with Crippen molar-refractivity contribution >= 4 is 39.9 Å². The highest BCUT2D eigenvalue weighted by atomic mass is 35.5. The number of fused-ring (bicyclic) bond motifs is 1. The smallest absolute Gasteiger partial charge is 0.259 e. The zero-order chi connectivity index (χ0) is 19.6. The molecule has 1 aromatic carbocycles. The SMILES string of the molecule is C[C@H](C(N)=O)n1ccc2c(NC(=O)Cc3ccc(Cl)nc3)cccc2c1=O. The van der Waals surface area contributed by atoms with Crippen molar-refractivity contribution in [2.24, 2.45) is 5.73 Å². The van der Waals surface area contributed by atoms with E-state index >= 15 is 0 Å². The topological polar surface area (TPSA) is 107 Å². The molecule has 7 nitrogen and oxygen atoms in total. The van der Waals surface area contributed by atoms with Crippen LogP contribution in [0.3, 0.4) is 0 Å². The van der Waals surface area contributed by atoms with Gasteiger partial charge in [0.15, 0.2) is 0 Å². The average Bonchev–Trinajstić information content (AvgIpc) is 2.64. The van der Waals surface area contributed by atoms with Gasteiger partial charge in [-0.25, -0.2) is 4.98 Å². The Morgan fingerprint density at radius 2 is 2.00 bits per heavy atom. The van der Waals surface area contributed by atoms with E-state index in [4.69, 9.17) is 17.3 Å². The van der Waals surface area contributed by atoms with Crippen molar-refractivity contribution in [2.75, 3.05) is 5.32 Å². The quantitative estimate of drug-likeness (QED) is 0.658. The number of hydrogen-bond donors (Lipinski definition) is 2. The molecule has 8 heteroatoms. The summed E-state index contributed by atoms with van der Waals surface area (Å²) in [6.07, 6.45) is 3.16. The van der Waals surface area contributed by atoms with Gasteiger partial charge in [0.25, 0.3) is 5.56 Å². The molecule has 27 heavy (non-hydrogen) atoms. The molecule has 138 valence electrons. The zero-order valence-corrected chi connectivity index (χ0v) is 15.2. The predicted molar refractivity (Wildman–Crippen MR) is 104 cm³/mol. The molecule has 3 rings (SSSR count). The number of nitrogens with two attached hydrogens (primary N) is 1. The summed E-state index contributed by atoms with van der Waals surface area (Å²) in [7, 11) is 0. The number of halogens is 1. The fraction of sp³-hybridized carbons (Fsp3) is 0.158. The predicted octanol–water partition coefficient (Wildman–Crippen LogP) is 2.28. The van der Waals surface area contributed by atoms with Crippen LogP contribution in [0.25, 0.3) is 10.8 Å². The monoisotopic (exact) mass is 384 g/mol. The number of carbonyl (C=O) groups excluding carboxylic acids is 2. The maximum Gasteiger partial charge on any atom is 0.259 e. The Labute approximate surface area is 159 Å². The number of rotatable bonds is 5. The molecule has 0 spiro atoms. The molecule has 2 aromatic heterocycles. The number of nitrogens with one attached hydrogen (secondary N) is 1. The van der Waals surface area contributed by atoms with Gasteiger partial charge in [-0.05, 0) is 36.8 Å². The van der Waals surface area contributed by atoms with E-state index in [1.54, 1.807) is 43.3 Å².